The second-order valence-electron chi connectivity index (χ2n) is 5.97. The van der Waals surface area contributed by atoms with Crippen LogP contribution in [0.25, 0.3) is 11.3 Å². The first-order valence-corrected chi connectivity index (χ1v) is 10.1. The second-order valence-corrected chi connectivity index (χ2v) is 6.72. The van der Waals surface area contributed by atoms with E-state index in [0.717, 1.165) is 24.2 Å². The van der Waals surface area contributed by atoms with Crippen LogP contribution in [-0.4, -0.2) is 37.3 Å². The smallest absolute Gasteiger partial charge is 0.258 e. The molecule has 0 saturated carbocycles. The first-order chi connectivity index (χ1) is 13.1. The maximum Gasteiger partial charge on any atom is 0.258 e. The van der Waals surface area contributed by atoms with Gasteiger partial charge in [-0.2, -0.15) is 0 Å². The van der Waals surface area contributed by atoms with E-state index in [-0.39, 0.29) is 0 Å². The minimum atomic E-state index is 0.495. The van der Waals surface area contributed by atoms with Crippen LogP contribution < -0.4 is 19.5 Å². The molecule has 1 aromatic carbocycles. The van der Waals surface area contributed by atoms with Gasteiger partial charge in [0, 0.05) is 18.7 Å². The third-order valence-electron chi connectivity index (χ3n) is 4.03. The zero-order valence-electron chi connectivity index (χ0n) is 16.5. The van der Waals surface area contributed by atoms with Gasteiger partial charge in [0.15, 0.2) is 5.82 Å². The Morgan fingerprint density at radius 2 is 1.89 bits per heavy atom. The van der Waals surface area contributed by atoms with E-state index in [0.29, 0.717) is 41.0 Å². The Balaban J connectivity index is 2.28. The lowest BCUT2D eigenvalue weighted by atomic mass is 10.1. The molecule has 2 rings (SSSR count). The highest BCUT2D eigenvalue weighted by atomic mass is 79.9. The summed E-state index contributed by atoms with van der Waals surface area (Å²) in [6.45, 7) is 5.36. The number of halogens is 1. The van der Waals surface area contributed by atoms with E-state index >= 15 is 0 Å². The van der Waals surface area contributed by atoms with Crippen molar-refractivity contribution in [2.45, 2.75) is 39.5 Å². The number of anilines is 1. The van der Waals surface area contributed by atoms with Crippen molar-refractivity contribution in [2.75, 3.05) is 32.7 Å². The minimum Gasteiger partial charge on any atom is -0.496 e. The average Bonchev–Trinajstić information content (AvgIpc) is 2.68. The number of aromatic nitrogens is 2. The Morgan fingerprint density at radius 3 is 2.56 bits per heavy atom. The summed E-state index contributed by atoms with van der Waals surface area (Å²) in [4.78, 5) is 9.25. The van der Waals surface area contributed by atoms with Crippen LogP contribution in [0.1, 0.15) is 39.5 Å². The van der Waals surface area contributed by atoms with Gasteiger partial charge in [-0.25, -0.2) is 9.97 Å². The lowest BCUT2D eigenvalue weighted by Gasteiger charge is -2.15. The molecule has 0 bridgehead atoms. The van der Waals surface area contributed by atoms with Gasteiger partial charge in [0.2, 0.25) is 0 Å². The third-order valence-corrected chi connectivity index (χ3v) is 4.59. The van der Waals surface area contributed by atoms with Gasteiger partial charge in [-0.05, 0) is 41.4 Å². The number of methoxy groups -OCH3 is 1. The highest BCUT2D eigenvalue weighted by Crippen LogP contribution is 2.37. The fraction of sp³-hybridized carbons (Fsp3) is 0.500. The molecule has 7 heteroatoms. The topological polar surface area (TPSA) is 65.5 Å². The molecule has 1 N–H and O–H groups in total. The average molecular weight is 438 g/mol. The molecule has 6 nitrogen and oxygen atoms in total. The van der Waals surface area contributed by atoms with E-state index < -0.39 is 0 Å². The van der Waals surface area contributed by atoms with E-state index in [4.69, 9.17) is 19.2 Å². The molecule has 0 saturated heterocycles. The predicted octanol–water partition coefficient (Wildman–Crippen LogP) is 5.31. The number of nitrogens with zero attached hydrogens (tertiary/aromatic N) is 2. The van der Waals surface area contributed by atoms with Crippen LogP contribution in [0.2, 0.25) is 0 Å². The molecule has 1 aromatic heterocycles. The fourth-order valence-corrected chi connectivity index (χ4v) is 3.12. The van der Waals surface area contributed by atoms with Crippen molar-refractivity contribution in [2.24, 2.45) is 0 Å². The first kappa shape index (κ1) is 21.3. The number of rotatable bonds is 11. The summed E-state index contributed by atoms with van der Waals surface area (Å²) in [7, 11) is 3.43. The predicted molar refractivity (Wildman–Crippen MR) is 112 cm³/mol. The Kier molecular flexibility index (Phi) is 8.64. The number of ether oxygens (including phenoxy) is 3. The molecule has 0 radical (unpaired) electrons. The van der Waals surface area contributed by atoms with Crippen LogP contribution in [0.4, 0.5) is 5.82 Å². The van der Waals surface area contributed by atoms with Crippen LogP contribution in [0.3, 0.4) is 0 Å². The van der Waals surface area contributed by atoms with Gasteiger partial charge < -0.3 is 19.5 Å². The normalized spacial score (nSPS) is 10.6. The standard InChI is InChI=1S/C20H28BrN3O3/c1-5-7-8-9-12-27-20-19(22-3)23-17(18(21)24-20)15-11-10-14(26-6-2)13-16(15)25-4/h10-11,13H,5-9,12H2,1-4H3,(H,22,23). The molecule has 148 valence electrons. The van der Waals surface area contributed by atoms with Crippen LogP contribution in [0.15, 0.2) is 22.8 Å². The van der Waals surface area contributed by atoms with E-state index in [1.807, 2.05) is 25.1 Å². The fourth-order valence-electron chi connectivity index (χ4n) is 2.66. The van der Waals surface area contributed by atoms with Crippen molar-refractivity contribution in [1.82, 2.24) is 9.97 Å². The summed E-state index contributed by atoms with van der Waals surface area (Å²) in [5.41, 5.74) is 1.50. The van der Waals surface area contributed by atoms with Gasteiger partial charge in [-0.3, -0.25) is 0 Å². The number of unbranched alkanes of at least 4 members (excludes halogenated alkanes) is 3. The number of hydrogen-bond acceptors (Lipinski definition) is 6. The molecule has 0 unspecified atom stereocenters. The first-order valence-electron chi connectivity index (χ1n) is 9.33. The molecule has 0 fully saturated rings. The zero-order valence-corrected chi connectivity index (χ0v) is 18.1. The summed E-state index contributed by atoms with van der Waals surface area (Å²) in [6, 6.07) is 5.67. The largest absolute Gasteiger partial charge is 0.496 e. The SMILES string of the molecule is CCCCCCOc1nc(Br)c(-c2ccc(OCC)cc2OC)nc1NC. The number of hydrogen-bond donors (Lipinski definition) is 1. The summed E-state index contributed by atoms with van der Waals surface area (Å²) >= 11 is 3.53. The zero-order chi connectivity index (χ0) is 19.6. The Bertz CT molecular complexity index is 741. The van der Waals surface area contributed by atoms with Gasteiger partial charge in [0.1, 0.15) is 21.8 Å². The van der Waals surface area contributed by atoms with Crippen molar-refractivity contribution in [3.8, 4) is 28.6 Å². The molecule has 0 aliphatic rings. The Hall–Kier alpha value is -2.02. The maximum absolute atomic E-state index is 5.84. The van der Waals surface area contributed by atoms with Crippen LogP contribution >= 0.6 is 15.9 Å². The van der Waals surface area contributed by atoms with Gasteiger partial charge in [-0.1, -0.05) is 26.2 Å². The van der Waals surface area contributed by atoms with Crippen molar-refractivity contribution in [3.63, 3.8) is 0 Å². The molecule has 0 amide bonds. The highest BCUT2D eigenvalue weighted by Gasteiger charge is 2.18. The minimum absolute atomic E-state index is 0.495. The summed E-state index contributed by atoms with van der Waals surface area (Å²) in [5.74, 6) is 2.52. The summed E-state index contributed by atoms with van der Waals surface area (Å²) < 4.78 is 17.5. The monoisotopic (exact) mass is 437 g/mol. The van der Waals surface area contributed by atoms with Crippen LogP contribution in [0.5, 0.6) is 17.4 Å². The van der Waals surface area contributed by atoms with Crippen molar-refractivity contribution in [1.29, 1.82) is 0 Å². The van der Waals surface area contributed by atoms with Gasteiger partial charge >= 0.3 is 0 Å². The van der Waals surface area contributed by atoms with Gasteiger partial charge in [0.05, 0.1) is 20.3 Å². The third kappa shape index (κ3) is 5.73. The van der Waals surface area contributed by atoms with E-state index in [1.54, 1.807) is 14.2 Å². The number of nitrogens with one attached hydrogen (secondary N) is 1. The van der Waals surface area contributed by atoms with Crippen molar-refractivity contribution >= 4 is 21.7 Å². The van der Waals surface area contributed by atoms with Crippen molar-refractivity contribution in [3.05, 3.63) is 22.8 Å². The second kappa shape index (κ2) is 11.0. The highest BCUT2D eigenvalue weighted by molar-refractivity contribution is 9.10. The Labute approximate surface area is 169 Å². The van der Waals surface area contributed by atoms with E-state index in [9.17, 15) is 0 Å². The summed E-state index contributed by atoms with van der Waals surface area (Å²) in [6.07, 6.45) is 4.58. The quantitative estimate of drug-likeness (QED) is 0.480. The number of benzene rings is 1. The molecule has 1 heterocycles. The summed E-state index contributed by atoms with van der Waals surface area (Å²) in [5, 5.41) is 3.07. The lowest BCUT2D eigenvalue weighted by molar-refractivity contribution is 0.294. The van der Waals surface area contributed by atoms with E-state index in [2.05, 4.69) is 33.2 Å². The van der Waals surface area contributed by atoms with Crippen molar-refractivity contribution < 1.29 is 14.2 Å². The molecule has 0 atom stereocenters. The molecule has 0 spiro atoms. The van der Waals surface area contributed by atoms with Crippen LogP contribution in [0, 0.1) is 0 Å². The van der Waals surface area contributed by atoms with Gasteiger partial charge in [0.25, 0.3) is 5.88 Å². The van der Waals surface area contributed by atoms with Crippen LogP contribution in [-0.2, 0) is 0 Å². The van der Waals surface area contributed by atoms with Gasteiger partial charge in [-0.15, -0.1) is 0 Å². The molecule has 0 aliphatic carbocycles. The Morgan fingerprint density at radius 1 is 1.07 bits per heavy atom. The molecular weight excluding hydrogens is 410 g/mol. The molecular formula is C20H28BrN3O3. The lowest BCUT2D eigenvalue weighted by Crippen LogP contribution is -2.06. The molecule has 2 aromatic rings. The maximum atomic E-state index is 5.84. The van der Waals surface area contributed by atoms with E-state index in [1.165, 1.54) is 12.8 Å². The molecule has 0 aliphatic heterocycles. The molecule has 27 heavy (non-hydrogen) atoms.